The van der Waals surface area contributed by atoms with Crippen molar-refractivity contribution in [3.63, 3.8) is 0 Å². The Bertz CT molecular complexity index is 1050. The number of carbonyl (C=O) groups is 2. The summed E-state index contributed by atoms with van der Waals surface area (Å²) in [6, 6.07) is 11.4. The van der Waals surface area contributed by atoms with Crippen LogP contribution in [-0.4, -0.2) is 52.3 Å². The first kappa shape index (κ1) is 22.7. The number of anilines is 2. The molecule has 8 nitrogen and oxygen atoms in total. The van der Waals surface area contributed by atoms with Gasteiger partial charge in [0.05, 0.1) is 29.3 Å². The molecule has 1 atom stereocenters. The molecule has 0 aliphatic carbocycles. The molecule has 0 radical (unpaired) electrons. The zero-order valence-electron chi connectivity index (χ0n) is 17.0. The van der Waals surface area contributed by atoms with Gasteiger partial charge < -0.3 is 15.4 Å². The molecule has 2 amide bonds. The van der Waals surface area contributed by atoms with Crippen molar-refractivity contribution in [2.24, 2.45) is 0 Å². The Morgan fingerprint density at radius 3 is 2.65 bits per heavy atom. The zero-order valence-corrected chi connectivity index (χ0v) is 17.8. The topological polar surface area (TPSA) is 105 Å². The molecule has 0 unspecified atom stereocenters. The Kier molecular flexibility index (Phi) is 7.24. The van der Waals surface area contributed by atoms with E-state index < -0.39 is 28.3 Å². The van der Waals surface area contributed by atoms with Gasteiger partial charge in [-0.2, -0.15) is 0 Å². The van der Waals surface area contributed by atoms with E-state index >= 15 is 0 Å². The summed E-state index contributed by atoms with van der Waals surface area (Å²) in [6.07, 6.45) is 2.73. The maximum atomic E-state index is 13.6. The van der Waals surface area contributed by atoms with Crippen LogP contribution < -0.4 is 14.9 Å². The molecule has 0 spiro atoms. The Labute approximate surface area is 180 Å². The van der Waals surface area contributed by atoms with Gasteiger partial charge >= 0.3 is 0 Å². The van der Waals surface area contributed by atoms with Crippen LogP contribution in [0.25, 0.3) is 0 Å². The largest absolute Gasteiger partial charge is 0.376 e. The number of carbonyl (C=O) groups excluding carboxylic acids is 2. The van der Waals surface area contributed by atoms with Crippen LogP contribution in [0.1, 0.15) is 23.2 Å². The van der Waals surface area contributed by atoms with Crippen molar-refractivity contribution in [2.75, 3.05) is 35.6 Å². The van der Waals surface area contributed by atoms with Gasteiger partial charge in [0.25, 0.3) is 5.91 Å². The summed E-state index contributed by atoms with van der Waals surface area (Å²) in [5.74, 6) is -1.68. The van der Waals surface area contributed by atoms with E-state index in [0.29, 0.717) is 13.2 Å². The Balaban J connectivity index is 1.71. The molecule has 1 heterocycles. The van der Waals surface area contributed by atoms with E-state index in [-0.39, 0.29) is 28.9 Å². The highest BCUT2D eigenvalue weighted by atomic mass is 32.2. The number of para-hydroxylation sites is 1. The first-order valence-corrected chi connectivity index (χ1v) is 11.6. The van der Waals surface area contributed by atoms with Gasteiger partial charge in [0.2, 0.25) is 15.9 Å². The number of rotatable bonds is 8. The maximum absolute atomic E-state index is 13.6. The fourth-order valence-corrected chi connectivity index (χ4v) is 4.10. The summed E-state index contributed by atoms with van der Waals surface area (Å²) < 4.78 is 44.2. The van der Waals surface area contributed by atoms with Gasteiger partial charge in [-0.25, -0.2) is 12.8 Å². The molecule has 2 aromatic carbocycles. The Hall–Kier alpha value is -2.98. The van der Waals surface area contributed by atoms with Crippen molar-refractivity contribution in [3.05, 3.63) is 59.9 Å². The predicted molar refractivity (Wildman–Crippen MR) is 115 cm³/mol. The van der Waals surface area contributed by atoms with Crippen molar-refractivity contribution < 1.29 is 27.1 Å². The number of nitrogens with zero attached hydrogens (tertiary/aromatic N) is 1. The molecule has 3 rings (SSSR count). The van der Waals surface area contributed by atoms with Crippen molar-refractivity contribution in [1.29, 1.82) is 0 Å². The highest BCUT2D eigenvalue weighted by Crippen LogP contribution is 2.20. The molecule has 1 aliphatic rings. The minimum atomic E-state index is -3.85. The lowest BCUT2D eigenvalue weighted by Gasteiger charge is -2.22. The van der Waals surface area contributed by atoms with Crippen LogP contribution in [0.3, 0.4) is 0 Å². The SMILES string of the molecule is CS(=O)(=O)N(CC(=O)Nc1ccccc1C(=O)NC[C@@H]1CCCO1)c1cccc(F)c1. The van der Waals surface area contributed by atoms with Gasteiger partial charge in [-0.05, 0) is 43.2 Å². The molecule has 0 bridgehead atoms. The fourth-order valence-electron chi connectivity index (χ4n) is 3.25. The van der Waals surface area contributed by atoms with Crippen LogP contribution in [0, 0.1) is 5.82 Å². The second kappa shape index (κ2) is 9.88. The van der Waals surface area contributed by atoms with Crippen LogP contribution in [0.5, 0.6) is 0 Å². The molecule has 10 heteroatoms. The zero-order chi connectivity index (χ0) is 22.4. The summed E-state index contributed by atoms with van der Waals surface area (Å²) in [7, 11) is -3.85. The summed E-state index contributed by atoms with van der Waals surface area (Å²) >= 11 is 0. The van der Waals surface area contributed by atoms with E-state index in [0.717, 1.165) is 29.5 Å². The van der Waals surface area contributed by atoms with Gasteiger partial charge in [-0.3, -0.25) is 13.9 Å². The third-order valence-corrected chi connectivity index (χ3v) is 5.88. The number of nitrogens with one attached hydrogen (secondary N) is 2. The van der Waals surface area contributed by atoms with Crippen LogP contribution in [0.15, 0.2) is 48.5 Å². The summed E-state index contributed by atoms with van der Waals surface area (Å²) in [5, 5.41) is 5.36. The maximum Gasteiger partial charge on any atom is 0.253 e. The molecule has 0 saturated carbocycles. The third kappa shape index (κ3) is 6.25. The third-order valence-electron chi connectivity index (χ3n) is 4.74. The van der Waals surface area contributed by atoms with Gasteiger partial charge in [-0.1, -0.05) is 18.2 Å². The van der Waals surface area contributed by atoms with E-state index in [2.05, 4.69) is 10.6 Å². The highest BCUT2D eigenvalue weighted by Gasteiger charge is 2.23. The lowest BCUT2D eigenvalue weighted by molar-refractivity contribution is -0.114. The smallest absolute Gasteiger partial charge is 0.253 e. The van der Waals surface area contributed by atoms with Crippen LogP contribution in [0.4, 0.5) is 15.8 Å². The molecular formula is C21H24FN3O5S. The normalized spacial score (nSPS) is 16.0. The second-order valence-corrected chi connectivity index (χ2v) is 9.10. The number of halogens is 1. The predicted octanol–water partition coefficient (Wildman–Crippen LogP) is 2.14. The number of benzene rings is 2. The minimum Gasteiger partial charge on any atom is -0.376 e. The number of hydrogen-bond acceptors (Lipinski definition) is 5. The minimum absolute atomic E-state index is 0.0275. The standard InChI is InChI=1S/C21H24FN3O5S/c1-31(28,29)25(16-7-4-6-15(22)12-16)14-20(26)24-19-10-3-2-9-18(19)21(27)23-13-17-8-5-11-30-17/h2-4,6-7,9-10,12,17H,5,8,11,13-14H2,1H3,(H,23,27)(H,24,26)/t17-/m0/s1. The number of hydrogen-bond donors (Lipinski definition) is 2. The van der Waals surface area contributed by atoms with Gasteiger partial charge in [0.15, 0.2) is 0 Å². The lowest BCUT2D eigenvalue weighted by Crippen LogP contribution is -2.38. The first-order chi connectivity index (χ1) is 14.7. The summed E-state index contributed by atoms with van der Waals surface area (Å²) in [6.45, 7) is 0.464. The lowest BCUT2D eigenvalue weighted by atomic mass is 10.1. The van der Waals surface area contributed by atoms with E-state index in [4.69, 9.17) is 4.74 Å². The summed E-state index contributed by atoms with van der Waals surface area (Å²) in [5.41, 5.74) is 0.510. The Morgan fingerprint density at radius 1 is 1.19 bits per heavy atom. The number of sulfonamides is 1. The molecule has 1 fully saturated rings. The van der Waals surface area contributed by atoms with Crippen molar-refractivity contribution in [1.82, 2.24) is 5.32 Å². The van der Waals surface area contributed by atoms with Crippen molar-refractivity contribution >= 4 is 33.2 Å². The Morgan fingerprint density at radius 2 is 1.97 bits per heavy atom. The molecule has 1 aliphatic heterocycles. The molecule has 0 aromatic heterocycles. The fraction of sp³-hybridized carbons (Fsp3) is 0.333. The molecule has 2 N–H and O–H groups in total. The van der Waals surface area contributed by atoms with E-state index in [1.54, 1.807) is 24.3 Å². The van der Waals surface area contributed by atoms with Crippen LogP contribution in [-0.2, 0) is 19.6 Å². The van der Waals surface area contributed by atoms with E-state index in [9.17, 15) is 22.4 Å². The number of ether oxygens (including phenoxy) is 1. The molecule has 31 heavy (non-hydrogen) atoms. The van der Waals surface area contributed by atoms with Gasteiger partial charge in [0.1, 0.15) is 12.4 Å². The van der Waals surface area contributed by atoms with E-state index in [1.165, 1.54) is 18.2 Å². The quantitative estimate of drug-likeness (QED) is 0.643. The van der Waals surface area contributed by atoms with Gasteiger partial charge in [0, 0.05) is 13.2 Å². The van der Waals surface area contributed by atoms with Crippen LogP contribution in [0.2, 0.25) is 0 Å². The average molecular weight is 450 g/mol. The summed E-state index contributed by atoms with van der Waals surface area (Å²) in [4.78, 5) is 25.2. The molecule has 2 aromatic rings. The number of amides is 2. The molecule has 1 saturated heterocycles. The molecule has 166 valence electrons. The van der Waals surface area contributed by atoms with Crippen molar-refractivity contribution in [2.45, 2.75) is 18.9 Å². The van der Waals surface area contributed by atoms with Gasteiger partial charge in [-0.15, -0.1) is 0 Å². The monoisotopic (exact) mass is 449 g/mol. The first-order valence-electron chi connectivity index (χ1n) is 9.76. The average Bonchev–Trinajstić information content (AvgIpc) is 3.23. The molecular weight excluding hydrogens is 425 g/mol. The van der Waals surface area contributed by atoms with Crippen molar-refractivity contribution in [3.8, 4) is 0 Å². The second-order valence-electron chi connectivity index (χ2n) is 7.19. The van der Waals surface area contributed by atoms with E-state index in [1.807, 2.05) is 0 Å². The highest BCUT2D eigenvalue weighted by molar-refractivity contribution is 7.92. The van der Waals surface area contributed by atoms with Crippen LogP contribution >= 0.6 is 0 Å².